The molecule has 0 fully saturated rings. The van der Waals surface area contributed by atoms with Gasteiger partial charge in [0.2, 0.25) is 0 Å². The van der Waals surface area contributed by atoms with Gasteiger partial charge in [-0.25, -0.2) is 9.97 Å². The molecule has 2 aromatic heterocycles. The van der Waals surface area contributed by atoms with Crippen LogP contribution in [0, 0.1) is 0 Å². The number of hydrogen-bond acceptors (Lipinski definition) is 4. The van der Waals surface area contributed by atoms with E-state index in [4.69, 9.17) is 10.5 Å². The summed E-state index contributed by atoms with van der Waals surface area (Å²) >= 11 is 3.45. The highest BCUT2D eigenvalue weighted by Crippen LogP contribution is 2.30. The average Bonchev–Trinajstić information content (AvgIpc) is 2.97. The van der Waals surface area contributed by atoms with Crippen LogP contribution in [0.3, 0.4) is 0 Å². The minimum absolute atomic E-state index is 0.480. The molecule has 5 nitrogen and oxygen atoms in total. The highest BCUT2D eigenvalue weighted by molar-refractivity contribution is 9.10. The zero-order valence-corrected chi connectivity index (χ0v) is 12.9. The monoisotopic (exact) mass is 344 g/mol. The van der Waals surface area contributed by atoms with E-state index in [9.17, 15) is 0 Å². The highest BCUT2D eigenvalue weighted by Gasteiger charge is 2.09. The molecule has 0 spiro atoms. The van der Waals surface area contributed by atoms with Gasteiger partial charge in [0.15, 0.2) is 0 Å². The predicted molar refractivity (Wildman–Crippen MR) is 85.5 cm³/mol. The molecule has 1 aromatic carbocycles. The minimum atomic E-state index is 0.480. The first-order chi connectivity index (χ1) is 10.2. The summed E-state index contributed by atoms with van der Waals surface area (Å²) in [6, 6.07) is 9.60. The number of imidazole rings is 1. The number of nitrogen functional groups attached to an aromatic ring is 1. The molecular weight excluding hydrogens is 332 g/mol. The number of methoxy groups -OCH3 is 1. The molecular formula is C15H13BrN4O. The van der Waals surface area contributed by atoms with Crippen molar-refractivity contribution < 1.29 is 4.74 Å². The molecule has 3 aromatic rings. The number of ether oxygens (including phenoxy) is 1. The first kappa shape index (κ1) is 13.6. The Hall–Kier alpha value is -2.34. The maximum atomic E-state index is 5.75. The van der Waals surface area contributed by atoms with Crippen LogP contribution in [-0.2, 0) is 0 Å². The van der Waals surface area contributed by atoms with E-state index in [0.29, 0.717) is 5.82 Å². The van der Waals surface area contributed by atoms with Gasteiger partial charge in [-0.05, 0) is 40.2 Å². The van der Waals surface area contributed by atoms with E-state index in [-0.39, 0.29) is 0 Å². The number of pyridine rings is 1. The van der Waals surface area contributed by atoms with Gasteiger partial charge in [-0.1, -0.05) is 0 Å². The molecule has 6 heteroatoms. The summed E-state index contributed by atoms with van der Waals surface area (Å²) in [5.41, 5.74) is 8.61. The molecule has 0 bridgehead atoms. The molecule has 0 amide bonds. The Morgan fingerprint density at radius 1 is 1.24 bits per heavy atom. The van der Waals surface area contributed by atoms with E-state index in [2.05, 4.69) is 25.9 Å². The lowest BCUT2D eigenvalue weighted by Gasteiger charge is -2.11. The summed E-state index contributed by atoms with van der Waals surface area (Å²) in [6.07, 6.45) is 5.24. The summed E-state index contributed by atoms with van der Waals surface area (Å²) in [6.45, 7) is 0. The van der Waals surface area contributed by atoms with Gasteiger partial charge in [0.05, 0.1) is 35.5 Å². The largest absolute Gasteiger partial charge is 0.495 e. The fraction of sp³-hybridized carbons (Fsp3) is 0.0667. The number of benzene rings is 1. The van der Waals surface area contributed by atoms with E-state index in [1.165, 1.54) is 0 Å². The predicted octanol–water partition coefficient (Wildman–Crippen LogP) is 3.29. The van der Waals surface area contributed by atoms with E-state index in [0.717, 1.165) is 27.2 Å². The standard InChI is InChI=1S/C15H13BrN4O/c1-21-14-7-11(2-3-12(14)16)20-9-18-8-13(20)10-4-5-19-15(17)6-10/h2-9H,1H3,(H2,17,19). The molecule has 0 saturated carbocycles. The van der Waals surface area contributed by atoms with Crippen molar-refractivity contribution in [1.82, 2.24) is 14.5 Å². The molecule has 0 unspecified atom stereocenters. The Bertz CT molecular complexity index is 785. The third-order valence-corrected chi connectivity index (χ3v) is 3.78. The van der Waals surface area contributed by atoms with Crippen molar-refractivity contribution in [3.05, 3.63) is 53.5 Å². The number of rotatable bonds is 3. The van der Waals surface area contributed by atoms with Crippen LogP contribution < -0.4 is 10.5 Å². The molecule has 0 aliphatic rings. The SMILES string of the molecule is COc1cc(-n2cncc2-c2ccnc(N)c2)ccc1Br. The number of aromatic nitrogens is 3. The number of anilines is 1. The fourth-order valence-electron chi connectivity index (χ4n) is 2.12. The van der Waals surface area contributed by atoms with Crippen molar-refractivity contribution in [2.45, 2.75) is 0 Å². The van der Waals surface area contributed by atoms with Gasteiger partial charge in [0.1, 0.15) is 11.6 Å². The summed E-state index contributed by atoms with van der Waals surface area (Å²) in [7, 11) is 1.64. The zero-order valence-electron chi connectivity index (χ0n) is 11.3. The van der Waals surface area contributed by atoms with Crippen LogP contribution in [0.5, 0.6) is 5.75 Å². The molecule has 0 aliphatic heterocycles. The third-order valence-electron chi connectivity index (χ3n) is 3.13. The van der Waals surface area contributed by atoms with Crippen LogP contribution in [0.2, 0.25) is 0 Å². The van der Waals surface area contributed by atoms with Gasteiger partial charge >= 0.3 is 0 Å². The van der Waals surface area contributed by atoms with Gasteiger partial charge in [0, 0.05) is 17.8 Å². The van der Waals surface area contributed by atoms with Gasteiger partial charge in [-0.3, -0.25) is 4.57 Å². The smallest absolute Gasteiger partial charge is 0.135 e. The van der Waals surface area contributed by atoms with Crippen molar-refractivity contribution in [3.8, 4) is 22.7 Å². The highest BCUT2D eigenvalue weighted by atomic mass is 79.9. The fourth-order valence-corrected chi connectivity index (χ4v) is 2.53. The number of nitrogens with two attached hydrogens (primary N) is 1. The second-order valence-electron chi connectivity index (χ2n) is 4.44. The average molecular weight is 345 g/mol. The summed E-state index contributed by atoms with van der Waals surface area (Å²) in [5, 5.41) is 0. The maximum absolute atomic E-state index is 5.75. The van der Waals surface area contributed by atoms with Crippen LogP contribution in [0.1, 0.15) is 0 Å². The molecule has 2 N–H and O–H groups in total. The molecule has 0 radical (unpaired) electrons. The maximum Gasteiger partial charge on any atom is 0.135 e. The lowest BCUT2D eigenvalue weighted by Crippen LogP contribution is -1.97. The molecule has 3 rings (SSSR count). The number of hydrogen-bond donors (Lipinski definition) is 1. The Kier molecular flexibility index (Phi) is 3.62. The Balaban J connectivity index is 2.11. The zero-order chi connectivity index (χ0) is 14.8. The first-order valence-electron chi connectivity index (χ1n) is 6.27. The quantitative estimate of drug-likeness (QED) is 0.791. The molecule has 0 saturated heterocycles. The van der Waals surface area contributed by atoms with Gasteiger partial charge in [-0.2, -0.15) is 0 Å². The van der Waals surface area contributed by atoms with Crippen LogP contribution >= 0.6 is 15.9 Å². The Morgan fingerprint density at radius 2 is 2.10 bits per heavy atom. The molecule has 106 valence electrons. The molecule has 0 atom stereocenters. The summed E-state index contributed by atoms with van der Waals surface area (Å²) in [4.78, 5) is 8.24. The van der Waals surface area contributed by atoms with E-state index in [1.54, 1.807) is 25.8 Å². The van der Waals surface area contributed by atoms with Crippen molar-refractivity contribution in [3.63, 3.8) is 0 Å². The normalized spacial score (nSPS) is 10.6. The first-order valence-corrected chi connectivity index (χ1v) is 7.06. The van der Waals surface area contributed by atoms with Crippen LogP contribution in [0.15, 0.2) is 53.5 Å². The van der Waals surface area contributed by atoms with Gasteiger partial charge < -0.3 is 10.5 Å². The van der Waals surface area contributed by atoms with Crippen LogP contribution in [0.25, 0.3) is 16.9 Å². The van der Waals surface area contributed by atoms with E-state index in [1.807, 2.05) is 34.9 Å². The van der Waals surface area contributed by atoms with Gasteiger partial charge in [-0.15, -0.1) is 0 Å². The van der Waals surface area contributed by atoms with Crippen LogP contribution in [-0.4, -0.2) is 21.6 Å². The summed E-state index contributed by atoms with van der Waals surface area (Å²) < 4.78 is 8.22. The van der Waals surface area contributed by atoms with Crippen molar-refractivity contribution in [2.75, 3.05) is 12.8 Å². The lowest BCUT2D eigenvalue weighted by atomic mass is 10.2. The van der Waals surface area contributed by atoms with Crippen LogP contribution in [0.4, 0.5) is 5.82 Å². The van der Waals surface area contributed by atoms with Gasteiger partial charge in [0.25, 0.3) is 0 Å². The number of nitrogens with zero attached hydrogens (tertiary/aromatic N) is 3. The third kappa shape index (κ3) is 2.62. The number of halogens is 1. The molecule has 2 heterocycles. The van der Waals surface area contributed by atoms with Crippen molar-refractivity contribution in [1.29, 1.82) is 0 Å². The summed E-state index contributed by atoms with van der Waals surface area (Å²) in [5.74, 6) is 1.25. The second-order valence-corrected chi connectivity index (χ2v) is 5.29. The minimum Gasteiger partial charge on any atom is -0.495 e. The van der Waals surface area contributed by atoms with Crippen molar-refractivity contribution in [2.24, 2.45) is 0 Å². The molecule has 0 aliphatic carbocycles. The Morgan fingerprint density at radius 3 is 2.86 bits per heavy atom. The van der Waals surface area contributed by atoms with E-state index >= 15 is 0 Å². The van der Waals surface area contributed by atoms with Crippen molar-refractivity contribution >= 4 is 21.7 Å². The Labute approximate surface area is 130 Å². The van der Waals surface area contributed by atoms with E-state index < -0.39 is 0 Å². The topological polar surface area (TPSA) is 66.0 Å². The molecule has 21 heavy (non-hydrogen) atoms. The lowest BCUT2D eigenvalue weighted by molar-refractivity contribution is 0.412. The second kappa shape index (κ2) is 5.57.